The number of nitro benzene ring substituents is 1. The quantitative estimate of drug-likeness (QED) is 0.686. The molecule has 0 spiro atoms. The highest BCUT2D eigenvalue weighted by atomic mass is 16.6. The molecule has 1 saturated heterocycles. The van der Waals surface area contributed by atoms with Gasteiger partial charge in [0.15, 0.2) is 0 Å². The minimum atomic E-state index is -0.401. The second-order valence-electron chi connectivity index (χ2n) is 6.79. The van der Waals surface area contributed by atoms with E-state index in [0.717, 1.165) is 30.9 Å². The van der Waals surface area contributed by atoms with Crippen LogP contribution in [0.1, 0.15) is 19.4 Å². The fraction of sp³-hybridized carbons (Fsp3) is 0.471. The average Bonchev–Trinajstić information content (AvgIpc) is 3.01. The van der Waals surface area contributed by atoms with E-state index >= 15 is 0 Å². The average molecular weight is 329 g/mol. The molecule has 0 amide bonds. The van der Waals surface area contributed by atoms with Crippen LogP contribution in [-0.2, 0) is 6.54 Å². The summed E-state index contributed by atoms with van der Waals surface area (Å²) in [6.07, 6.45) is 3.83. The molecule has 1 fully saturated rings. The molecule has 1 aromatic heterocycles. The second-order valence-corrected chi connectivity index (χ2v) is 6.79. The normalized spacial score (nSPS) is 24.9. The molecule has 2 unspecified atom stereocenters. The summed E-state index contributed by atoms with van der Waals surface area (Å²) in [6, 6.07) is 6.67. The van der Waals surface area contributed by atoms with Gasteiger partial charge in [0.1, 0.15) is 0 Å². The number of aromatic nitrogens is 2. The number of nitrogens with zero attached hydrogens (tertiary/aromatic N) is 4. The van der Waals surface area contributed by atoms with Gasteiger partial charge in [0.05, 0.1) is 16.8 Å². The van der Waals surface area contributed by atoms with Crippen molar-refractivity contribution in [2.45, 2.75) is 26.4 Å². The maximum Gasteiger partial charge on any atom is 0.269 e. The summed E-state index contributed by atoms with van der Waals surface area (Å²) in [5, 5.41) is 15.1. The first-order valence-electron chi connectivity index (χ1n) is 8.20. The predicted octanol–water partition coefficient (Wildman–Crippen LogP) is 2.20. The van der Waals surface area contributed by atoms with Crippen molar-refractivity contribution in [1.82, 2.24) is 14.7 Å². The molecule has 7 nitrogen and oxygen atoms in total. The smallest absolute Gasteiger partial charge is 0.269 e. The molecule has 128 valence electrons. The van der Waals surface area contributed by atoms with Crippen LogP contribution in [0.15, 0.2) is 36.7 Å². The van der Waals surface area contributed by atoms with Crippen LogP contribution in [-0.4, -0.2) is 38.7 Å². The lowest BCUT2D eigenvalue weighted by molar-refractivity contribution is -0.384. The van der Waals surface area contributed by atoms with Crippen molar-refractivity contribution >= 4 is 5.69 Å². The van der Waals surface area contributed by atoms with Crippen molar-refractivity contribution < 1.29 is 4.92 Å². The Morgan fingerprint density at radius 1 is 1.25 bits per heavy atom. The van der Waals surface area contributed by atoms with Gasteiger partial charge in [0.2, 0.25) is 0 Å². The van der Waals surface area contributed by atoms with Crippen LogP contribution in [0.2, 0.25) is 0 Å². The summed E-state index contributed by atoms with van der Waals surface area (Å²) in [4.78, 5) is 12.7. The van der Waals surface area contributed by atoms with Gasteiger partial charge in [-0.1, -0.05) is 13.8 Å². The molecule has 2 aromatic rings. The van der Waals surface area contributed by atoms with E-state index in [-0.39, 0.29) is 11.7 Å². The molecule has 1 aliphatic rings. The van der Waals surface area contributed by atoms with Crippen LogP contribution in [0, 0.1) is 22.0 Å². The number of non-ortho nitro benzene ring substituents is 1. The van der Waals surface area contributed by atoms with Crippen molar-refractivity contribution in [3.8, 4) is 5.69 Å². The minimum Gasteiger partial charge on any atom is -0.327 e. The third-order valence-corrected chi connectivity index (χ3v) is 4.77. The largest absolute Gasteiger partial charge is 0.327 e. The molecular formula is C17H23N5O2. The highest BCUT2D eigenvalue weighted by Crippen LogP contribution is 2.22. The standard InChI is InChI=1S/C17H23N5O2/c1-12-8-20(9-13(2)17(12)18)10-14-7-19-21(11-14)15-3-5-16(6-4-15)22(23)24/h3-7,11-13,17H,8-10,18H2,1-2H3. The van der Waals surface area contributed by atoms with E-state index < -0.39 is 4.92 Å². The van der Waals surface area contributed by atoms with Gasteiger partial charge in [0.25, 0.3) is 5.69 Å². The maximum absolute atomic E-state index is 10.7. The molecule has 7 heteroatoms. The Bertz CT molecular complexity index is 700. The summed E-state index contributed by atoms with van der Waals surface area (Å²) < 4.78 is 1.75. The topological polar surface area (TPSA) is 90.2 Å². The van der Waals surface area contributed by atoms with Crippen molar-refractivity contribution in [1.29, 1.82) is 0 Å². The first-order valence-corrected chi connectivity index (χ1v) is 8.20. The molecule has 0 bridgehead atoms. The van der Waals surface area contributed by atoms with Crippen LogP contribution in [0.3, 0.4) is 0 Å². The number of rotatable bonds is 4. The van der Waals surface area contributed by atoms with Crippen LogP contribution in [0.25, 0.3) is 5.69 Å². The SMILES string of the molecule is CC1CN(Cc2cnn(-c3ccc([N+](=O)[O-])cc3)c2)CC(C)C1N. The van der Waals surface area contributed by atoms with Crippen LogP contribution in [0.5, 0.6) is 0 Å². The first-order chi connectivity index (χ1) is 11.4. The fourth-order valence-electron chi connectivity index (χ4n) is 3.39. The fourth-order valence-corrected chi connectivity index (χ4v) is 3.39. The number of likely N-dealkylation sites (tertiary alicyclic amines) is 1. The van der Waals surface area contributed by atoms with Gasteiger partial charge in [-0.25, -0.2) is 4.68 Å². The van der Waals surface area contributed by atoms with E-state index in [1.807, 2.05) is 12.4 Å². The van der Waals surface area contributed by atoms with Crippen molar-refractivity contribution in [3.63, 3.8) is 0 Å². The van der Waals surface area contributed by atoms with E-state index in [1.54, 1.807) is 16.8 Å². The van der Waals surface area contributed by atoms with Gasteiger partial charge >= 0.3 is 0 Å². The zero-order valence-corrected chi connectivity index (χ0v) is 14.0. The third-order valence-electron chi connectivity index (χ3n) is 4.77. The van der Waals surface area contributed by atoms with Gasteiger partial charge in [-0.05, 0) is 24.0 Å². The Balaban J connectivity index is 1.68. The second kappa shape index (κ2) is 6.70. The number of benzene rings is 1. The zero-order valence-electron chi connectivity index (χ0n) is 14.0. The number of nitrogens with two attached hydrogens (primary N) is 1. The number of hydrogen-bond donors (Lipinski definition) is 1. The highest BCUT2D eigenvalue weighted by molar-refractivity contribution is 5.40. The van der Waals surface area contributed by atoms with Crippen molar-refractivity contribution in [2.24, 2.45) is 17.6 Å². The Morgan fingerprint density at radius 2 is 1.88 bits per heavy atom. The van der Waals surface area contributed by atoms with Crippen molar-refractivity contribution in [2.75, 3.05) is 13.1 Å². The van der Waals surface area contributed by atoms with E-state index in [9.17, 15) is 10.1 Å². The Morgan fingerprint density at radius 3 is 2.46 bits per heavy atom. The van der Waals surface area contributed by atoms with Crippen LogP contribution >= 0.6 is 0 Å². The lowest BCUT2D eigenvalue weighted by Gasteiger charge is -2.39. The summed E-state index contributed by atoms with van der Waals surface area (Å²) in [5.74, 6) is 0.969. The summed E-state index contributed by atoms with van der Waals surface area (Å²) in [6.45, 7) is 7.23. The number of nitro groups is 1. The zero-order chi connectivity index (χ0) is 17.3. The Kier molecular flexibility index (Phi) is 4.64. The monoisotopic (exact) mass is 329 g/mol. The van der Waals surface area contributed by atoms with Gasteiger partial charge in [0, 0.05) is 49.6 Å². The Hall–Kier alpha value is -2.25. The van der Waals surface area contributed by atoms with E-state index in [0.29, 0.717) is 11.8 Å². The molecule has 2 N–H and O–H groups in total. The number of piperidine rings is 1. The molecule has 0 aliphatic carbocycles. The molecule has 2 heterocycles. The van der Waals surface area contributed by atoms with Gasteiger partial charge < -0.3 is 5.73 Å². The lowest BCUT2D eigenvalue weighted by atomic mass is 9.86. The van der Waals surface area contributed by atoms with Crippen LogP contribution in [0.4, 0.5) is 5.69 Å². The molecular weight excluding hydrogens is 306 g/mol. The molecule has 3 rings (SSSR count). The third kappa shape index (κ3) is 3.47. The summed E-state index contributed by atoms with van der Waals surface area (Å²) >= 11 is 0. The molecule has 1 aliphatic heterocycles. The van der Waals surface area contributed by atoms with E-state index in [1.165, 1.54) is 12.1 Å². The molecule has 2 atom stereocenters. The number of hydrogen-bond acceptors (Lipinski definition) is 5. The Labute approximate surface area is 141 Å². The summed E-state index contributed by atoms with van der Waals surface area (Å²) in [7, 11) is 0. The lowest BCUT2D eigenvalue weighted by Crippen LogP contribution is -2.50. The maximum atomic E-state index is 10.7. The van der Waals surface area contributed by atoms with Crippen LogP contribution < -0.4 is 5.73 Å². The first kappa shape index (κ1) is 16.6. The van der Waals surface area contributed by atoms with E-state index in [4.69, 9.17) is 5.73 Å². The highest BCUT2D eigenvalue weighted by Gasteiger charge is 2.29. The summed E-state index contributed by atoms with van der Waals surface area (Å²) in [5.41, 5.74) is 8.22. The molecule has 0 saturated carbocycles. The predicted molar refractivity (Wildman–Crippen MR) is 91.8 cm³/mol. The molecule has 0 radical (unpaired) electrons. The molecule has 24 heavy (non-hydrogen) atoms. The van der Waals surface area contributed by atoms with E-state index in [2.05, 4.69) is 23.8 Å². The molecule has 1 aromatic carbocycles. The van der Waals surface area contributed by atoms with Gasteiger partial charge in [-0.3, -0.25) is 15.0 Å². The minimum absolute atomic E-state index is 0.0822. The van der Waals surface area contributed by atoms with Gasteiger partial charge in [-0.15, -0.1) is 0 Å². The van der Waals surface area contributed by atoms with Crippen molar-refractivity contribution in [3.05, 3.63) is 52.3 Å². The van der Waals surface area contributed by atoms with Gasteiger partial charge in [-0.2, -0.15) is 5.10 Å².